The standard InChI is InChI=1S/C13H6F6INO/c14-12(15,16)10-6-21-11(20)5-9(10)7-1-3-8(4-2-7)22-13(17,18)19/h1-6H. The van der Waals surface area contributed by atoms with E-state index in [9.17, 15) is 26.3 Å². The maximum Gasteiger partial charge on any atom is 0.573 e. The molecule has 2 rings (SSSR count). The highest BCUT2D eigenvalue weighted by Crippen LogP contribution is 2.37. The smallest absolute Gasteiger partial charge is 0.406 e. The van der Waals surface area contributed by atoms with E-state index in [1.807, 2.05) is 0 Å². The highest BCUT2D eigenvalue weighted by molar-refractivity contribution is 14.1. The van der Waals surface area contributed by atoms with Crippen LogP contribution in [0.3, 0.4) is 0 Å². The molecule has 0 bridgehead atoms. The molecule has 0 N–H and O–H groups in total. The van der Waals surface area contributed by atoms with Crippen molar-refractivity contribution < 1.29 is 31.1 Å². The number of nitrogens with zero attached hydrogens (tertiary/aromatic N) is 1. The van der Waals surface area contributed by atoms with Crippen LogP contribution in [0.25, 0.3) is 11.1 Å². The minimum atomic E-state index is -4.86. The molecule has 2 nitrogen and oxygen atoms in total. The van der Waals surface area contributed by atoms with Crippen molar-refractivity contribution in [2.45, 2.75) is 12.5 Å². The maximum absolute atomic E-state index is 13.0. The van der Waals surface area contributed by atoms with Crippen molar-refractivity contribution in [1.29, 1.82) is 0 Å². The van der Waals surface area contributed by atoms with Gasteiger partial charge in [0.1, 0.15) is 9.45 Å². The molecule has 0 aliphatic rings. The first-order valence-corrected chi connectivity index (χ1v) is 6.73. The highest BCUT2D eigenvalue weighted by Gasteiger charge is 2.34. The van der Waals surface area contributed by atoms with Gasteiger partial charge < -0.3 is 4.74 Å². The molecule has 118 valence electrons. The molecule has 0 amide bonds. The molecule has 22 heavy (non-hydrogen) atoms. The molecule has 0 aliphatic carbocycles. The molecule has 0 aliphatic heterocycles. The summed E-state index contributed by atoms with van der Waals surface area (Å²) in [4.78, 5) is 3.59. The Labute approximate surface area is 134 Å². The first-order valence-electron chi connectivity index (χ1n) is 5.65. The van der Waals surface area contributed by atoms with Crippen LogP contribution in [-0.2, 0) is 6.18 Å². The van der Waals surface area contributed by atoms with Crippen molar-refractivity contribution in [3.8, 4) is 16.9 Å². The number of rotatable bonds is 2. The van der Waals surface area contributed by atoms with Gasteiger partial charge in [0.05, 0.1) is 5.56 Å². The second-order valence-electron chi connectivity index (χ2n) is 4.12. The third-order valence-corrected chi connectivity index (χ3v) is 3.16. The molecule has 0 spiro atoms. The molecule has 1 aromatic heterocycles. The van der Waals surface area contributed by atoms with Crippen LogP contribution in [0.1, 0.15) is 5.56 Å². The lowest BCUT2D eigenvalue weighted by Crippen LogP contribution is -2.17. The summed E-state index contributed by atoms with van der Waals surface area (Å²) in [7, 11) is 0. The van der Waals surface area contributed by atoms with Crippen molar-refractivity contribution in [2.75, 3.05) is 0 Å². The zero-order valence-corrected chi connectivity index (χ0v) is 12.6. The SMILES string of the molecule is FC(F)(F)Oc1ccc(-c2cc(I)ncc2C(F)(F)F)cc1. The van der Waals surface area contributed by atoms with E-state index < -0.39 is 23.9 Å². The van der Waals surface area contributed by atoms with Crippen molar-refractivity contribution in [1.82, 2.24) is 4.98 Å². The van der Waals surface area contributed by atoms with Gasteiger partial charge in [-0.25, -0.2) is 4.98 Å². The summed E-state index contributed by atoms with van der Waals surface area (Å²) in [6, 6.07) is 5.37. The van der Waals surface area contributed by atoms with Gasteiger partial charge in [-0.2, -0.15) is 13.2 Å². The molecule has 1 aromatic carbocycles. The van der Waals surface area contributed by atoms with E-state index in [4.69, 9.17) is 0 Å². The highest BCUT2D eigenvalue weighted by atomic mass is 127. The maximum atomic E-state index is 13.0. The van der Waals surface area contributed by atoms with Crippen LogP contribution in [-0.4, -0.2) is 11.3 Å². The predicted molar refractivity (Wildman–Crippen MR) is 74.1 cm³/mol. The lowest BCUT2D eigenvalue weighted by molar-refractivity contribution is -0.274. The monoisotopic (exact) mass is 433 g/mol. The number of ether oxygens (including phenoxy) is 1. The minimum absolute atomic E-state index is 0.113. The van der Waals surface area contributed by atoms with Gasteiger partial charge in [0.2, 0.25) is 0 Å². The zero-order valence-electron chi connectivity index (χ0n) is 10.5. The lowest BCUT2D eigenvalue weighted by atomic mass is 10.0. The third-order valence-electron chi connectivity index (χ3n) is 2.57. The number of halogens is 7. The minimum Gasteiger partial charge on any atom is -0.406 e. The number of aromatic nitrogens is 1. The normalized spacial score (nSPS) is 12.3. The average Bonchev–Trinajstić information content (AvgIpc) is 2.36. The second-order valence-corrected chi connectivity index (χ2v) is 5.23. The number of alkyl halides is 6. The summed E-state index contributed by atoms with van der Waals surface area (Å²) in [6.45, 7) is 0. The molecule has 0 saturated carbocycles. The molecule has 9 heteroatoms. The van der Waals surface area contributed by atoms with E-state index >= 15 is 0 Å². The Morgan fingerprint density at radius 3 is 2.05 bits per heavy atom. The van der Waals surface area contributed by atoms with E-state index in [2.05, 4.69) is 9.72 Å². The van der Waals surface area contributed by atoms with Gasteiger partial charge in [0.15, 0.2) is 0 Å². The van der Waals surface area contributed by atoms with Gasteiger partial charge >= 0.3 is 12.5 Å². The number of pyridine rings is 1. The summed E-state index contributed by atoms with van der Waals surface area (Å²) < 4.78 is 79.0. The van der Waals surface area contributed by atoms with Crippen LogP contribution in [0.4, 0.5) is 26.3 Å². The fraction of sp³-hybridized carbons (Fsp3) is 0.154. The molecule has 0 unspecified atom stereocenters. The second kappa shape index (κ2) is 5.94. The van der Waals surface area contributed by atoms with E-state index in [0.29, 0.717) is 9.90 Å². The Morgan fingerprint density at radius 1 is 0.955 bits per heavy atom. The molecule has 0 fully saturated rings. The molecular formula is C13H6F6INO. The van der Waals surface area contributed by atoms with Crippen molar-refractivity contribution >= 4 is 22.6 Å². The lowest BCUT2D eigenvalue weighted by Gasteiger charge is -2.14. The topological polar surface area (TPSA) is 22.1 Å². The summed E-state index contributed by atoms with van der Waals surface area (Å²) >= 11 is 1.75. The molecule has 0 saturated heterocycles. The van der Waals surface area contributed by atoms with Gasteiger partial charge in [-0.1, -0.05) is 12.1 Å². The average molecular weight is 433 g/mol. The Kier molecular flexibility index (Phi) is 4.54. The van der Waals surface area contributed by atoms with E-state index in [1.165, 1.54) is 6.07 Å². The Hall–Kier alpha value is -1.52. The van der Waals surface area contributed by atoms with Gasteiger partial charge in [-0.05, 0) is 51.9 Å². The Morgan fingerprint density at radius 2 is 1.55 bits per heavy atom. The zero-order chi connectivity index (χ0) is 16.5. The largest absolute Gasteiger partial charge is 0.573 e. The van der Waals surface area contributed by atoms with Gasteiger partial charge in [0, 0.05) is 6.20 Å². The summed E-state index contributed by atoms with van der Waals surface area (Å²) in [5.74, 6) is -0.506. The van der Waals surface area contributed by atoms with Crippen LogP contribution in [0.2, 0.25) is 0 Å². The van der Waals surface area contributed by atoms with E-state index in [1.54, 1.807) is 22.6 Å². The third kappa shape index (κ3) is 4.24. The quantitative estimate of drug-likeness (QED) is 0.366. The van der Waals surface area contributed by atoms with Crippen LogP contribution >= 0.6 is 22.6 Å². The van der Waals surface area contributed by atoms with Gasteiger partial charge in [-0.15, -0.1) is 13.2 Å². The first-order chi connectivity index (χ1) is 10.1. The summed E-state index contributed by atoms with van der Waals surface area (Å²) in [5, 5.41) is 0. The van der Waals surface area contributed by atoms with E-state index in [-0.39, 0.29) is 11.1 Å². The first kappa shape index (κ1) is 16.8. The number of benzene rings is 1. The molecule has 1 heterocycles. The molecule has 0 atom stereocenters. The predicted octanol–water partition coefficient (Wildman–Crippen LogP) is 5.27. The van der Waals surface area contributed by atoms with Crippen LogP contribution < -0.4 is 4.74 Å². The number of hydrogen-bond donors (Lipinski definition) is 0. The van der Waals surface area contributed by atoms with E-state index in [0.717, 1.165) is 24.3 Å². The fourth-order valence-electron chi connectivity index (χ4n) is 1.73. The van der Waals surface area contributed by atoms with Crippen molar-refractivity contribution in [2.24, 2.45) is 0 Å². The van der Waals surface area contributed by atoms with Gasteiger partial charge in [0.25, 0.3) is 0 Å². The molecule has 2 aromatic rings. The Balaban J connectivity index is 2.42. The summed E-state index contributed by atoms with van der Waals surface area (Å²) in [6.07, 6.45) is -8.78. The molecule has 0 radical (unpaired) electrons. The number of hydrogen-bond acceptors (Lipinski definition) is 2. The van der Waals surface area contributed by atoms with Gasteiger partial charge in [-0.3, -0.25) is 0 Å². The fourth-order valence-corrected chi connectivity index (χ4v) is 2.18. The van der Waals surface area contributed by atoms with Crippen LogP contribution in [0.15, 0.2) is 36.5 Å². The summed E-state index contributed by atoms with van der Waals surface area (Å²) in [5.41, 5.74) is -1.01. The van der Waals surface area contributed by atoms with Crippen molar-refractivity contribution in [3.05, 3.63) is 45.8 Å². The van der Waals surface area contributed by atoms with Crippen LogP contribution in [0.5, 0.6) is 5.75 Å². The van der Waals surface area contributed by atoms with Crippen LogP contribution in [0, 0.1) is 3.70 Å². The molecular weight excluding hydrogens is 427 g/mol. The Bertz CT molecular complexity index is 666. The van der Waals surface area contributed by atoms with Crippen molar-refractivity contribution in [3.63, 3.8) is 0 Å².